The van der Waals surface area contributed by atoms with Crippen molar-refractivity contribution < 1.29 is 8.83 Å². The Balaban J connectivity index is 1.07. The van der Waals surface area contributed by atoms with Gasteiger partial charge in [0, 0.05) is 53.0 Å². The molecule has 0 fully saturated rings. The Kier molecular flexibility index (Phi) is 6.42. The SMILES string of the molecule is c1ccc(-c2ccccc2N(c2ccc(-c3ccc4c(c3)oc3ccc5oc6ccccc6c5c34)cc2)c2cccc3sc4ccccc4c23)cc1. The summed E-state index contributed by atoms with van der Waals surface area (Å²) in [7, 11) is 0. The van der Waals surface area contributed by atoms with E-state index in [0.29, 0.717) is 0 Å². The summed E-state index contributed by atoms with van der Waals surface area (Å²) in [6.45, 7) is 0. The first-order valence-electron chi connectivity index (χ1n) is 17.5. The molecule has 11 rings (SSSR count). The van der Waals surface area contributed by atoms with Crippen molar-refractivity contribution in [3.63, 3.8) is 0 Å². The Hall–Kier alpha value is -6.62. The summed E-state index contributed by atoms with van der Waals surface area (Å²) in [4.78, 5) is 2.43. The molecule has 0 saturated heterocycles. The van der Waals surface area contributed by atoms with Crippen LogP contribution in [0.15, 0.2) is 185 Å². The molecule has 0 radical (unpaired) electrons. The molecule has 0 amide bonds. The number of thiophene rings is 1. The molecule has 0 aliphatic rings. The van der Waals surface area contributed by atoms with Gasteiger partial charge in [-0.05, 0) is 83.4 Å². The van der Waals surface area contributed by atoms with E-state index in [4.69, 9.17) is 8.83 Å². The first-order chi connectivity index (χ1) is 25.8. The Labute approximate surface area is 303 Å². The summed E-state index contributed by atoms with van der Waals surface area (Å²) in [5.74, 6) is 0. The zero-order chi connectivity index (χ0) is 34.2. The number of fused-ring (bicyclic) bond motifs is 10. The summed E-state index contributed by atoms with van der Waals surface area (Å²) in [6, 6.07) is 62.6. The van der Waals surface area contributed by atoms with Crippen LogP contribution in [0.1, 0.15) is 0 Å². The van der Waals surface area contributed by atoms with E-state index in [-0.39, 0.29) is 0 Å². The van der Waals surface area contributed by atoms with Crippen molar-refractivity contribution in [2.24, 2.45) is 0 Å². The maximum Gasteiger partial charge on any atom is 0.136 e. The van der Waals surface area contributed by atoms with Gasteiger partial charge >= 0.3 is 0 Å². The lowest BCUT2D eigenvalue weighted by Crippen LogP contribution is -2.11. The van der Waals surface area contributed by atoms with Crippen LogP contribution in [0.2, 0.25) is 0 Å². The number of furan rings is 2. The van der Waals surface area contributed by atoms with Gasteiger partial charge < -0.3 is 13.7 Å². The molecular formula is C48H29NO2S. The molecule has 3 aromatic heterocycles. The number of para-hydroxylation sites is 2. The fraction of sp³-hybridized carbons (Fsp3) is 0. The van der Waals surface area contributed by atoms with E-state index in [9.17, 15) is 0 Å². The third-order valence-electron chi connectivity index (χ3n) is 10.3. The largest absolute Gasteiger partial charge is 0.456 e. The first-order valence-corrected chi connectivity index (χ1v) is 18.3. The van der Waals surface area contributed by atoms with Crippen molar-refractivity contribution >= 4 is 92.4 Å². The number of benzene rings is 8. The van der Waals surface area contributed by atoms with Gasteiger partial charge in [-0.3, -0.25) is 0 Å². The highest BCUT2D eigenvalue weighted by Gasteiger charge is 2.22. The third kappa shape index (κ3) is 4.45. The van der Waals surface area contributed by atoms with Gasteiger partial charge in [0.15, 0.2) is 0 Å². The molecule has 4 heteroatoms. The molecule has 3 heterocycles. The standard InChI is InChI=1S/C48H29NO2S/c1-2-11-31(12-3-1)34-13-4-7-16-38(34)49(39-17-10-20-45-46(39)37-15-6-9-19-44(37)52-45)33-24-21-30(22-25-33)32-23-26-36-43(29-32)51-42-28-27-41-47(48(36)42)35-14-5-8-18-40(35)50-41/h1-29H. The second-order valence-corrected chi connectivity index (χ2v) is 14.3. The van der Waals surface area contributed by atoms with Gasteiger partial charge in [0.2, 0.25) is 0 Å². The van der Waals surface area contributed by atoms with Gasteiger partial charge in [0.05, 0.1) is 11.4 Å². The summed E-state index contributed by atoms with van der Waals surface area (Å²) in [5.41, 5.74) is 11.5. The van der Waals surface area contributed by atoms with Crippen LogP contribution in [0, 0.1) is 0 Å². The van der Waals surface area contributed by atoms with Gasteiger partial charge in [0.25, 0.3) is 0 Å². The highest BCUT2D eigenvalue weighted by Crippen LogP contribution is 2.47. The van der Waals surface area contributed by atoms with Crippen LogP contribution in [0.5, 0.6) is 0 Å². The smallest absolute Gasteiger partial charge is 0.136 e. The van der Waals surface area contributed by atoms with Crippen LogP contribution in [-0.4, -0.2) is 0 Å². The van der Waals surface area contributed by atoms with E-state index in [1.54, 1.807) is 0 Å². The Morgan fingerprint density at radius 2 is 1.00 bits per heavy atom. The van der Waals surface area contributed by atoms with E-state index >= 15 is 0 Å². The molecular weight excluding hydrogens is 655 g/mol. The maximum absolute atomic E-state index is 6.49. The maximum atomic E-state index is 6.49. The molecule has 3 nitrogen and oxygen atoms in total. The highest BCUT2D eigenvalue weighted by atomic mass is 32.1. The van der Waals surface area contributed by atoms with Crippen LogP contribution < -0.4 is 4.90 Å². The zero-order valence-corrected chi connectivity index (χ0v) is 28.7. The molecule has 52 heavy (non-hydrogen) atoms. The monoisotopic (exact) mass is 683 g/mol. The fourth-order valence-corrected chi connectivity index (χ4v) is 9.07. The molecule has 0 atom stereocenters. The molecule has 0 bridgehead atoms. The number of anilines is 3. The average Bonchev–Trinajstić information content (AvgIpc) is 3.90. The molecule has 0 aliphatic carbocycles. The predicted molar refractivity (Wildman–Crippen MR) is 219 cm³/mol. The second kappa shape index (κ2) is 11.5. The van der Waals surface area contributed by atoms with Crippen LogP contribution in [-0.2, 0) is 0 Å². The second-order valence-electron chi connectivity index (χ2n) is 13.2. The molecule has 8 aromatic carbocycles. The van der Waals surface area contributed by atoms with Gasteiger partial charge in [-0.2, -0.15) is 0 Å². The lowest BCUT2D eigenvalue weighted by atomic mass is 9.99. The summed E-state index contributed by atoms with van der Waals surface area (Å²) >= 11 is 1.85. The molecule has 0 N–H and O–H groups in total. The van der Waals surface area contributed by atoms with Crippen molar-refractivity contribution in [2.75, 3.05) is 4.90 Å². The van der Waals surface area contributed by atoms with Crippen LogP contribution in [0.4, 0.5) is 17.1 Å². The lowest BCUT2D eigenvalue weighted by molar-refractivity contribution is 0.663. The van der Waals surface area contributed by atoms with Gasteiger partial charge in [-0.15, -0.1) is 11.3 Å². The lowest BCUT2D eigenvalue weighted by Gasteiger charge is -2.29. The molecule has 0 saturated carbocycles. The van der Waals surface area contributed by atoms with Crippen molar-refractivity contribution in [1.29, 1.82) is 0 Å². The fourth-order valence-electron chi connectivity index (χ4n) is 7.94. The Morgan fingerprint density at radius 3 is 1.85 bits per heavy atom. The number of nitrogens with zero attached hydrogens (tertiary/aromatic N) is 1. The van der Waals surface area contributed by atoms with Gasteiger partial charge in [0.1, 0.15) is 22.3 Å². The van der Waals surface area contributed by atoms with Crippen LogP contribution >= 0.6 is 11.3 Å². The number of rotatable bonds is 5. The number of hydrogen-bond acceptors (Lipinski definition) is 4. The van der Waals surface area contributed by atoms with Crippen molar-refractivity contribution in [3.05, 3.63) is 176 Å². The van der Waals surface area contributed by atoms with Crippen molar-refractivity contribution in [3.8, 4) is 22.3 Å². The van der Waals surface area contributed by atoms with Crippen molar-refractivity contribution in [1.82, 2.24) is 0 Å². The van der Waals surface area contributed by atoms with E-state index in [2.05, 4.69) is 157 Å². The van der Waals surface area contributed by atoms with Crippen LogP contribution in [0.3, 0.4) is 0 Å². The topological polar surface area (TPSA) is 29.5 Å². The molecule has 244 valence electrons. The van der Waals surface area contributed by atoms with E-state index in [1.807, 2.05) is 35.6 Å². The normalized spacial score (nSPS) is 11.8. The van der Waals surface area contributed by atoms with Crippen LogP contribution in [0.25, 0.3) is 86.3 Å². The minimum Gasteiger partial charge on any atom is -0.456 e. The predicted octanol–water partition coefficient (Wildman–Crippen LogP) is 14.7. The minimum atomic E-state index is 0.865. The van der Waals surface area contributed by atoms with E-state index in [1.165, 1.54) is 31.3 Å². The third-order valence-corrected chi connectivity index (χ3v) is 11.4. The molecule has 11 aromatic rings. The van der Waals surface area contributed by atoms with E-state index < -0.39 is 0 Å². The average molecular weight is 684 g/mol. The quantitative estimate of drug-likeness (QED) is 0.181. The number of hydrogen-bond donors (Lipinski definition) is 0. The van der Waals surface area contributed by atoms with Gasteiger partial charge in [-0.25, -0.2) is 0 Å². The zero-order valence-electron chi connectivity index (χ0n) is 27.9. The summed E-state index contributed by atoms with van der Waals surface area (Å²) in [6.07, 6.45) is 0. The van der Waals surface area contributed by atoms with E-state index in [0.717, 1.165) is 72.1 Å². The minimum absolute atomic E-state index is 0.865. The Bertz CT molecular complexity index is 3130. The first kappa shape index (κ1) is 29.1. The highest BCUT2D eigenvalue weighted by molar-refractivity contribution is 7.26. The molecule has 0 spiro atoms. The Morgan fingerprint density at radius 1 is 0.365 bits per heavy atom. The van der Waals surface area contributed by atoms with Crippen molar-refractivity contribution in [2.45, 2.75) is 0 Å². The molecule has 0 unspecified atom stereocenters. The summed E-state index contributed by atoms with van der Waals surface area (Å²) < 4.78 is 15.3. The summed E-state index contributed by atoms with van der Waals surface area (Å²) in [5, 5.41) is 6.94. The van der Waals surface area contributed by atoms with Gasteiger partial charge in [-0.1, -0.05) is 109 Å². The molecule has 0 aliphatic heterocycles.